The van der Waals surface area contributed by atoms with E-state index in [2.05, 4.69) is 56.4 Å². The highest BCUT2D eigenvalue weighted by atomic mass is 14.9. The number of nitrogens with one attached hydrogen (secondary N) is 1. The Kier molecular flexibility index (Phi) is 3.34. The van der Waals surface area contributed by atoms with E-state index in [1.54, 1.807) is 0 Å². The number of hydrogen-bond donors (Lipinski definition) is 1. The first kappa shape index (κ1) is 11.7. The van der Waals surface area contributed by atoms with Crippen LogP contribution in [-0.2, 0) is 0 Å². The summed E-state index contributed by atoms with van der Waals surface area (Å²) in [5.41, 5.74) is 1.99. The second-order valence-corrected chi connectivity index (χ2v) is 5.53. The van der Waals surface area contributed by atoms with E-state index in [0.29, 0.717) is 11.5 Å². The second kappa shape index (κ2) is 4.58. The monoisotopic (exact) mass is 217 g/mol. The Hall–Kier alpha value is -0.820. The molecule has 0 amide bonds. The molecule has 1 fully saturated rings. The fraction of sp³-hybridized carbons (Fsp3) is 0.600. The molecule has 2 rings (SSSR count). The van der Waals surface area contributed by atoms with Gasteiger partial charge in [-0.1, -0.05) is 44.2 Å². The van der Waals surface area contributed by atoms with Crippen LogP contribution in [0.4, 0.5) is 0 Å². The molecular weight excluding hydrogens is 194 g/mol. The minimum atomic E-state index is 0.470. The van der Waals surface area contributed by atoms with Crippen LogP contribution in [0, 0.1) is 11.3 Å². The molecule has 0 aliphatic heterocycles. The van der Waals surface area contributed by atoms with Crippen LogP contribution < -0.4 is 5.32 Å². The molecule has 0 bridgehead atoms. The molecule has 1 aromatic carbocycles. The predicted octanol–water partition coefficient (Wildman–Crippen LogP) is 3.77. The first-order chi connectivity index (χ1) is 7.64. The van der Waals surface area contributed by atoms with E-state index in [1.807, 2.05) is 0 Å². The van der Waals surface area contributed by atoms with Crippen LogP contribution in [0.25, 0.3) is 0 Å². The zero-order valence-electron chi connectivity index (χ0n) is 10.7. The smallest absolute Gasteiger partial charge is 0.0292 e. The lowest BCUT2D eigenvalue weighted by molar-refractivity contribution is 0.325. The molecule has 88 valence electrons. The Morgan fingerprint density at radius 1 is 1.12 bits per heavy atom. The van der Waals surface area contributed by atoms with E-state index >= 15 is 0 Å². The lowest BCUT2D eigenvalue weighted by Gasteiger charge is -2.23. The molecular formula is C15H23N. The van der Waals surface area contributed by atoms with E-state index in [-0.39, 0.29) is 0 Å². The molecule has 0 aromatic heterocycles. The van der Waals surface area contributed by atoms with Crippen molar-refractivity contribution in [1.82, 2.24) is 5.32 Å². The zero-order valence-corrected chi connectivity index (χ0v) is 10.7. The molecule has 1 N–H and O–H groups in total. The van der Waals surface area contributed by atoms with Crippen molar-refractivity contribution < 1.29 is 0 Å². The predicted molar refractivity (Wildman–Crippen MR) is 69.4 cm³/mol. The molecule has 1 aliphatic carbocycles. The van der Waals surface area contributed by atoms with Crippen LogP contribution in [0.2, 0.25) is 0 Å². The summed E-state index contributed by atoms with van der Waals surface area (Å²) in [7, 11) is 0. The summed E-state index contributed by atoms with van der Waals surface area (Å²) in [5.74, 6) is 0.808. The molecule has 16 heavy (non-hydrogen) atoms. The van der Waals surface area contributed by atoms with Gasteiger partial charge in [-0.05, 0) is 36.7 Å². The van der Waals surface area contributed by atoms with E-state index in [9.17, 15) is 0 Å². The maximum absolute atomic E-state index is 3.68. The third kappa shape index (κ3) is 2.46. The Labute approximate surface area is 99.3 Å². The first-order valence-corrected chi connectivity index (χ1v) is 6.42. The lowest BCUT2D eigenvalue weighted by atomic mass is 9.92. The molecule has 1 aliphatic rings. The van der Waals surface area contributed by atoms with Crippen molar-refractivity contribution in [1.29, 1.82) is 0 Å². The van der Waals surface area contributed by atoms with Crippen LogP contribution in [0.5, 0.6) is 0 Å². The molecule has 1 unspecified atom stereocenters. The standard InChI is InChI=1S/C15H23N/c1-12(2)15(9-10-15)11-16-13(3)14-7-5-4-6-8-14/h4-8,12-13,16H,9-11H2,1-3H3. The van der Waals surface area contributed by atoms with Gasteiger partial charge in [-0.25, -0.2) is 0 Å². The minimum Gasteiger partial charge on any atom is -0.310 e. The third-order valence-corrected chi connectivity index (χ3v) is 4.18. The van der Waals surface area contributed by atoms with Crippen molar-refractivity contribution in [3.63, 3.8) is 0 Å². The van der Waals surface area contributed by atoms with Crippen molar-refractivity contribution in [2.24, 2.45) is 11.3 Å². The zero-order chi connectivity index (χ0) is 11.6. The molecule has 1 aromatic rings. The highest BCUT2D eigenvalue weighted by molar-refractivity contribution is 5.18. The number of benzene rings is 1. The second-order valence-electron chi connectivity index (χ2n) is 5.53. The first-order valence-electron chi connectivity index (χ1n) is 6.42. The highest BCUT2D eigenvalue weighted by Gasteiger charge is 2.44. The summed E-state index contributed by atoms with van der Waals surface area (Å²) in [6.45, 7) is 8.12. The molecule has 1 heteroatoms. The topological polar surface area (TPSA) is 12.0 Å². The summed E-state index contributed by atoms with van der Waals surface area (Å²) < 4.78 is 0. The van der Waals surface area contributed by atoms with E-state index < -0.39 is 0 Å². The van der Waals surface area contributed by atoms with Crippen molar-refractivity contribution in [2.75, 3.05) is 6.54 Å². The Bertz CT molecular complexity index is 325. The van der Waals surface area contributed by atoms with Gasteiger partial charge < -0.3 is 5.32 Å². The van der Waals surface area contributed by atoms with Gasteiger partial charge in [0.15, 0.2) is 0 Å². The molecule has 0 spiro atoms. The Balaban J connectivity index is 1.87. The van der Waals surface area contributed by atoms with Gasteiger partial charge in [0, 0.05) is 12.6 Å². The Morgan fingerprint density at radius 3 is 2.25 bits per heavy atom. The van der Waals surface area contributed by atoms with Gasteiger partial charge in [-0.15, -0.1) is 0 Å². The summed E-state index contributed by atoms with van der Waals surface area (Å²) in [6, 6.07) is 11.2. The van der Waals surface area contributed by atoms with Crippen molar-refractivity contribution in [3.8, 4) is 0 Å². The van der Waals surface area contributed by atoms with Gasteiger partial charge in [0.05, 0.1) is 0 Å². The summed E-state index contributed by atoms with van der Waals surface area (Å²) >= 11 is 0. The van der Waals surface area contributed by atoms with E-state index in [1.165, 1.54) is 24.9 Å². The average molecular weight is 217 g/mol. The van der Waals surface area contributed by atoms with Gasteiger partial charge in [-0.3, -0.25) is 0 Å². The molecule has 0 radical (unpaired) electrons. The SMILES string of the molecule is CC(NCC1(C(C)C)CC1)c1ccccc1. The van der Waals surface area contributed by atoms with E-state index in [0.717, 1.165) is 5.92 Å². The molecule has 1 atom stereocenters. The summed E-state index contributed by atoms with van der Waals surface area (Å²) in [5, 5.41) is 3.68. The van der Waals surface area contributed by atoms with Crippen molar-refractivity contribution in [3.05, 3.63) is 35.9 Å². The normalized spacial score (nSPS) is 19.8. The fourth-order valence-corrected chi connectivity index (χ4v) is 2.33. The van der Waals surface area contributed by atoms with Gasteiger partial charge in [0.25, 0.3) is 0 Å². The van der Waals surface area contributed by atoms with Gasteiger partial charge in [0.1, 0.15) is 0 Å². The number of hydrogen-bond acceptors (Lipinski definition) is 1. The van der Waals surface area contributed by atoms with Crippen LogP contribution >= 0.6 is 0 Å². The highest BCUT2D eigenvalue weighted by Crippen LogP contribution is 2.51. The minimum absolute atomic E-state index is 0.470. The summed E-state index contributed by atoms with van der Waals surface area (Å²) in [6.07, 6.45) is 2.80. The van der Waals surface area contributed by atoms with Gasteiger partial charge in [-0.2, -0.15) is 0 Å². The average Bonchev–Trinajstić information content (AvgIpc) is 3.08. The summed E-state index contributed by atoms with van der Waals surface area (Å²) in [4.78, 5) is 0. The maximum atomic E-state index is 3.68. The third-order valence-electron chi connectivity index (χ3n) is 4.18. The van der Waals surface area contributed by atoms with Gasteiger partial charge in [0.2, 0.25) is 0 Å². The van der Waals surface area contributed by atoms with Crippen LogP contribution in [0.3, 0.4) is 0 Å². The molecule has 1 saturated carbocycles. The molecule has 1 nitrogen and oxygen atoms in total. The maximum Gasteiger partial charge on any atom is 0.0292 e. The number of rotatable bonds is 5. The van der Waals surface area contributed by atoms with Gasteiger partial charge >= 0.3 is 0 Å². The van der Waals surface area contributed by atoms with Crippen molar-refractivity contribution in [2.45, 2.75) is 39.7 Å². The lowest BCUT2D eigenvalue weighted by Crippen LogP contribution is -2.29. The van der Waals surface area contributed by atoms with Crippen LogP contribution in [-0.4, -0.2) is 6.54 Å². The molecule has 0 saturated heterocycles. The Morgan fingerprint density at radius 2 is 1.75 bits per heavy atom. The molecule has 0 heterocycles. The van der Waals surface area contributed by atoms with E-state index in [4.69, 9.17) is 0 Å². The van der Waals surface area contributed by atoms with Crippen LogP contribution in [0.1, 0.15) is 45.2 Å². The largest absolute Gasteiger partial charge is 0.310 e. The fourth-order valence-electron chi connectivity index (χ4n) is 2.33. The van der Waals surface area contributed by atoms with Crippen molar-refractivity contribution >= 4 is 0 Å². The van der Waals surface area contributed by atoms with Crippen LogP contribution in [0.15, 0.2) is 30.3 Å². The quantitative estimate of drug-likeness (QED) is 0.791.